The Balaban J connectivity index is 2.01. The first-order chi connectivity index (χ1) is 6.33. The zero-order chi connectivity index (χ0) is 9.52. The van der Waals surface area contributed by atoms with E-state index in [4.69, 9.17) is 4.74 Å². The Morgan fingerprint density at radius 2 is 2.00 bits per heavy atom. The van der Waals surface area contributed by atoms with E-state index in [-0.39, 0.29) is 0 Å². The third kappa shape index (κ3) is 4.15. The lowest BCUT2D eigenvalue weighted by Crippen LogP contribution is -2.12. The summed E-state index contributed by atoms with van der Waals surface area (Å²) in [7, 11) is 1.34. The molecule has 1 saturated carbocycles. The molecule has 0 spiro atoms. The molecule has 0 heterocycles. The molecule has 0 aromatic heterocycles. The molecule has 0 aliphatic heterocycles. The number of hydrogen-bond acceptors (Lipinski definition) is 3. The van der Waals surface area contributed by atoms with Gasteiger partial charge in [0.15, 0.2) is 0 Å². The molecular weight excluding hydrogens is 168 g/mol. The van der Waals surface area contributed by atoms with Crippen molar-refractivity contribution in [3.63, 3.8) is 0 Å². The second kappa shape index (κ2) is 5.84. The molecular formula is C10H18O3. The fraction of sp³-hybridized carbons (Fsp3) is 0.900. The number of carbonyl (C=O) groups is 1. The van der Waals surface area contributed by atoms with Gasteiger partial charge in [-0.15, -0.1) is 0 Å². The summed E-state index contributed by atoms with van der Waals surface area (Å²) in [5, 5.41) is 0. The normalized spacial score (nSPS) is 18.2. The van der Waals surface area contributed by atoms with Crippen molar-refractivity contribution in [2.45, 2.75) is 38.5 Å². The maximum absolute atomic E-state index is 10.6. The molecule has 1 aliphatic carbocycles. The summed E-state index contributed by atoms with van der Waals surface area (Å²) >= 11 is 0. The molecule has 0 atom stereocenters. The van der Waals surface area contributed by atoms with Crippen LogP contribution in [0.15, 0.2) is 0 Å². The Bertz CT molecular complexity index is 150. The van der Waals surface area contributed by atoms with Gasteiger partial charge in [-0.1, -0.05) is 32.1 Å². The van der Waals surface area contributed by atoms with Gasteiger partial charge in [0.05, 0.1) is 13.7 Å². The summed E-state index contributed by atoms with van der Waals surface area (Å²) in [6.07, 6.45) is 7.07. The number of rotatable bonds is 3. The topological polar surface area (TPSA) is 35.5 Å². The van der Waals surface area contributed by atoms with Crippen molar-refractivity contribution in [2.75, 3.05) is 13.7 Å². The van der Waals surface area contributed by atoms with Gasteiger partial charge in [0.2, 0.25) is 0 Å². The standard InChI is InChI=1S/C10H18O3/c1-12-10(11)13-8-7-9-5-3-2-4-6-9/h9H,2-8H2,1H3. The van der Waals surface area contributed by atoms with Gasteiger partial charge in [-0.2, -0.15) is 0 Å². The van der Waals surface area contributed by atoms with Crippen LogP contribution in [0.3, 0.4) is 0 Å². The molecule has 0 radical (unpaired) electrons. The van der Waals surface area contributed by atoms with Crippen LogP contribution in [0, 0.1) is 5.92 Å². The molecule has 0 N–H and O–H groups in total. The van der Waals surface area contributed by atoms with Gasteiger partial charge in [-0.05, 0) is 12.3 Å². The Labute approximate surface area is 79.4 Å². The first-order valence-electron chi connectivity index (χ1n) is 5.03. The summed E-state index contributed by atoms with van der Waals surface area (Å²) in [5.41, 5.74) is 0. The molecule has 13 heavy (non-hydrogen) atoms. The SMILES string of the molecule is COC(=O)OCCC1CCCCC1. The largest absolute Gasteiger partial charge is 0.507 e. The van der Waals surface area contributed by atoms with E-state index in [1.165, 1.54) is 39.2 Å². The van der Waals surface area contributed by atoms with Crippen LogP contribution >= 0.6 is 0 Å². The average molecular weight is 186 g/mol. The van der Waals surface area contributed by atoms with Crippen LogP contribution in [-0.2, 0) is 9.47 Å². The van der Waals surface area contributed by atoms with Crippen molar-refractivity contribution in [2.24, 2.45) is 5.92 Å². The summed E-state index contributed by atoms with van der Waals surface area (Å²) < 4.78 is 9.21. The molecule has 0 saturated heterocycles. The summed E-state index contributed by atoms with van der Waals surface area (Å²) in [5.74, 6) is 0.762. The lowest BCUT2D eigenvalue weighted by Gasteiger charge is -2.20. The lowest BCUT2D eigenvalue weighted by atomic mass is 9.87. The number of carbonyl (C=O) groups excluding carboxylic acids is 1. The molecule has 1 rings (SSSR count). The van der Waals surface area contributed by atoms with E-state index < -0.39 is 6.16 Å². The highest BCUT2D eigenvalue weighted by atomic mass is 16.7. The van der Waals surface area contributed by atoms with E-state index in [1.54, 1.807) is 0 Å². The van der Waals surface area contributed by atoms with Crippen molar-refractivity contribution in [3.05, 3.63) is 0 Å². The zero-order valence-corrected chi connectivity index (χ0v) is 8.25. The Morgan fingerprint density at radius 3 is 2.62 bits per heavy atom. The molecule has 0 aromatic rings. The lowest BCUT2D eigenvalue weighted by molar-refractivity contribution is 0.0665. The summed E-state index contributed by atoms with van der Waals surface area (Å²) in [6.45, 7) is 0.511. The third-order valence-corrected chi connectivity index (χ3v) is 2.64. The molecule has 0 amide bonds. The monoisotopic (exact) mass is 186 g/mol. The van der Waals surface area contributed by atoms with Crippen molar-refractivity contribution in [3.8, 4) is 0 Å². The average Bonchev–Trinajstić information content (AvgIpc) is 2.19. The number of methoxy groups -OCH3 is 1. The van der Waals surface area contributed by atoms with Crippen molar-refractivity contribution in [1.82, 2.24) is 0 Å². The highest BCUT2D eigenvalue weighted by Crippen LogP contribution is 2.25. The van der Waals surface area contributed by atoms with Gasteiger partial charge in [0, 0.05) is 0 Å². The molecule has 0 aromatic carbocycles. The van der Waals surface area contributed by atoms with Crippen LogP contribution < -0.4 is 0 Å². The van der Waals surface area contributed by atoms with Gasteiger partial charge in [-0.25, -0.2) is 4.79 Å². The van der Waals surface area contributed by atoms with Crippen LogP contribution in [-0.4, -0.2) is 19.9 Å². The second-order valence-corrected chi connectivity index (χ2v) is 3.60. The minimum Gasteiger partial charge on any atom is -0.438 e. The molecule has 1 fully saturated rings. The van der Waals surface area contributed by atoms with E-state index in [0.717, 1.165) is 12.3 Å². The van der Waals surface area contributed by atoms with E-state index in [1.807, 2.05) is 0 Å². The maximum Gasteiger partial charge on any atom is 0.507 e. The van der Waals surface area contributed by atoms with Gasteiger partial charge >= 0.3 is 6.16 Å². The fourth-order valence-corrected chi connectivity index (χ4v) is 1.84. The molecule has 76 valence electrons. The molecule has 1 aliphatic rings. The first-order valence-corrected chi connectivity index (χ1v) is 5.03. The number of hydrogen-bond donors (Lipinski definition) is 0. The first kappa shape index (κ1) is 10.4. The van der Waals surface area contributed by atoms with Crippen LogP contribution in [0.25, 0.3) is 0 Å². The fourth-order valence-electron chi connectivity index (χ4n) is 1.84. The summed E-state index contributed by atoms with van der Waals surface area (Å²) in [6, 6.07) is 0. The molecule has 0 bridgehead atoms. The predicted octanol–water partition coefficient (Wildman–Crippen LogP) is 2.74. The van der Waals surface area contributed by atoms with Gasteiger partial charge < -0.3 is 9.47 Å². The minimum atomic E-state index is -0.559. The smallest absolute Gasteiger partial charge is 0.438 e. The minimum absolute atomic E-state index is 0.511. The van der Waals surface area contributed by atoms with Crippen LogP contribution in [0.4, 0.5) is 4.79 Å². The second-order valence-electron chi connectivity index (χ2n) is 3.60. The Kier molecular flexibility index (Phi) is 4.65. The van der Waals surface area contributed by atoms with Crippen LogP contribution in [0.2, 0.25) is 0 Å². The zero-order valence-electron chi connectivity index (χ0n) is 8.25. The van der Waals surface area contributed by atoms with E-state index in [0.29, 0.717) is 6.61 Å². The molecule has 3 heteroatoms. The third-order valence-electron chi connectivity index (χ3n) is 2.64. The van der Waals surface area contributed by atoms with Gasteiger partial charge in [0.25, 0.3) is 0 Å². The van der Waals surface area contributed by atoms with E-state index in [9.17, 15) is 4.79 Å². The van der Waals surface area contributed by atoms with E-state index >= 15 is 0 Å². The Morgan fingerprint density at radius 1 is 1.31 bits per heavy atom. The maximum atomic E-state index is 10.6. The van der Waals surface area contributed by atoms with Gasteiger partial charge in [-0.3, -0.25) is 0 Å². The van der Waals surface area contributed by atoms with Crippen molar-refractivity contribution < 1.29 is 14.3 Å². The highest BCUT2D eigenvalue weighted by Gasteiger charge is 2.13. The van der Waals surface area contributed by atoms with Crippen molar-refractivity contribution in [1.29, 1.82) is 0 Å². The molecule has 0 unspecified atom stereocenters. The summed E-state index contributed by atoms with van der Waals surface area (Å²) in [4.78, 5) is 10.6. The van der Waals surface area contributed by atoms with Crippen LogP contribution in [0.1, 0.15) is 38.5 Å². The van der Waals surface area contributed by atoms with E-state index in [2.05, 4.69) is 4.74 Å². The molecule has 3 nitrogen and oxygen atoms in total. The van der Waals surface area contributed by atoms with Gasteiger partial charge in [0.1, 0.15) is 0 Å². The Hall–Kier alpha value is -0.730. The van der Waals surface area contributed by atoms with Crippen molar-refractivity contribution >= 4 is 6.16 Å². The quantitative estimate of drug-likeness (QED) is 0.636. The number of ether oxygens (including phenoxy) is 2. The predicted molar refractivity (Wildman–Crippen MR) is 49.5 cm³/mol. The highest BCUT2D eigenvalue weighted by molar-refractivity contribution is 5.59. The van der Waals surface area contributed by atoms with Crippen LogP contribution in [0.5, 0.6) is 0 Å².